The number of aryl methyl sites for hydroxylation is 2. The van der Waals surface area contributed by atoms with E-state index in [9.17, 15) is 0 Å². The Morgan fingerprint density at radius 1 is 0.625 bits per heavy atom. The molecule has 0 unspecified atom stereocenters. The molecule has 0 saturated carbocycles. The van der Waals surface area contributed by atoms with E-state index in [1.165, 1.54) is 65.2 Å². The minimum atomic E-state index is 1.12. The molecule has 0 radical (unpaired) electrons. The summed E-state index contributed by atoms with van der Waals surface area (Å²) in [5.41, 5.74) is 2.89. The number of rotatable bonds is 4. The lowest BCUT2D eigenvalue weighted by atomic mass is 9.88. The molecule has 0 aliphatic rings. The monoisotopic (exact) mass is 442 g/mol. The van der Waals surface area contributed by atoms with E-state index < -0.39 is 0 Å². The lowest BCUT2D eigenvalue weighted by Gasteiger charge is -2.18. The fraction of sp³-hybridized carbons (Fsp3) is 0.273. The standard InChI is InChI=1S/C22H20Br2/c1-3-5-13-11-19(23)17-10-8-16-14(6-4-2)12-20(24)18-9-7-15(13)21(17)22(16)18/h7-12H,3-6H2,1-2H3. The van der Waals surface area contributed by atoms with Crippen molar-refractivity contribution in [2.45, 2.75) is 39.5 Å². The fourth-order valence-corrected chi connectivity index (χ4v) is 5.21. The highest BCUT2D eigenvalue weighted by atomic mass is 79.9. The number of hydrogen-bond acceptors (Lipinski definition) is 0. The Labute approximate surface area is 159 Å². The van der Waals surface area contributed by atoms with Gasteiger partial charge >= 0.3 is 0 Å². The second-order valence-corrected chi connectivity index (χ2v) is 8.32. The van der Waals surface area contributed by atoms with Gasteiger partial charge in [-0.05, 0) is 68.4 Å². The molecule has 122 valence electrons. The van der Waals surface area contributed by atoms with Crippen LogP contribution in [-0.4, -0.2) is 0 Å². The SMILES string of the molecule is CCCc1cc(Br)c2ccc3c(CCC)cc(Br)c4ccc1c2c43. The molecule has 0 fully saturated rings. The molecular formula is C22H20Br2. The van der Waals surface area contributed by atoms with Gasteiger partial charge in [0.1, 0.15) is 0 Å². The summed E-state index contributed by atoms with van der Waals surface area (Å²) in [7, 11) is 0. The molecule has 0 atom stereocenters. The molecule has 0 saturated heterocycles. The molecule has 4 rings (SSSR count). The summed E-state index contributed by atoms with van der Waals surface area (Å²) >= 11 is 7.64. The first-order valence-corrected chi connectivity index (χ1v) is 10.3. The van der Waals surface area contributed by atoms with Crippen LogP contribution in [0.4, 0.5) is 0 Å². The van der Waals surface area contributed by atoms with Crippen LogP contribution in [0.5, 0.6) is 0 Å². The van der Waals surface area contributed by atoms with Crippen LogP contribution in [0.25, 0.3) is 32.3 Å². The van der Waals surface area contributed by atoms with Crippen molar-refractivity contribution >= 4 is 64.2 Å². The second kappa shape index (κ2) is 6.31. The van der Waals surface area contributed by atoms with Crippen molar-refractivity contribution in [3.8, 4) is 0 Å². The minimum absolute atomic E-state index is 1.12. The molecule has 0 nitrogen and oxygen atoms in total. The lowest BCUT2D eigenvalue weighted by Crippen LogP contribution is -1.94. The summed E-state index contributed by atoms with van der Waals surface area (Å²) in [5, 5.41) is 8.30. The third kappa shape index (κ3) is 2.38. The Kier molecular flexibility index (Phi) is 4.30. The third-order valence-electron chi connectivity index (χ3n) is 5.01. The van der Waals surface area contributed by atoms with Crippen LogP contribution in [0.3, 0.4) is 0 Å². The Morgan fingerprint density at radius 2 is 1.00 bits per heavy atom. The summed E-state index contributed by atoms with van der Waals surface area (Å²) in [4.78, 5) is 0. The highest BCUT2D eigenvalue weighted by Gasteiger charge is 2.16. The van der Waals surface area contributed by atoms with Gasteiger partial charge in [-0.3, -0.25) is 0 Å². The van der Waals surface area contributed by atoms with Gasteiger partial charge in [-0.15, -0.1) is 0 Å². The van der Waals surface area contributed by atoms with Gasteiger partial charge in [0.25, 0.3) is 0 Å². The minimum Gasteiger partial charge on any atom is -0.0651 e. The zero-order valence-corrected chi connectivity index (χ0v) is 17.2. The maximum Gasteiger partial charge on any atom is 0.0257 e. The lowest BCUT2D eigenvalue weighted by molar-refractivity contribution is 0.928. The number of benzene rings is 4. The first-order valence-electron chi connectivity index (χ1n) is 8.73. The van der Waals surface area contributed by atoms with Crippen LogP contribution in [0.1, 0.15) is 37.8 Å². The van der Waals surface area contributed by atoms with Crippen molar-refractivity contribution in [2.24, 2.45) is 0 Å². The zero-order chi connectivity index (χ0) is 16.8. The Balaban J connectivity index is 2.25. The number of halogens is 2. The Bertz CT molecular complexity index is 961. The van der Waals surface area contributed by atoms with Gasteiger partial charge in [0.05, 0.1) is 0 Å². The smallest absolute Gasteiger partial charge is 0.0257 e. The van der Waals surface area contributed by atoms with Gasteiger partial charge in [-0.2, -0.15) is 0 Å². The molecule has 4 aromatic carbocycles. The highest BCUT2D eigenvalue weighted by Crippen LogP contribution is 2.43. The molecule has 0 aliphatic carbocycles. The van der Waals surface area contributed by atoms with Crippen LogP contribution >= 0.6 is 31.9 Å². The van der Waals surface area contributed by atoms with E-state index in [1.807, 2.05) is 0 Å². The van der Waals surface area contributed by atoms with Crippen LogP contribution in [-0.2, 0) is 12.8 Å². The topological polar surface area (TPSA) is 0 Å². The molecule has 0 spiro atoms. The van der Waals surface area contributed by atoms with Gasteiger partial charge in [-0.25, -0.2) is 0 Å². The van der Waals surface area contributed by atoms with Crippen LogP contribution in [0.2, 0.25) is 0 Å². The van der Waals surface area contributed by atoms with Gasteiger partial charge in [0.15, 0.2) is 0 Å². The van der Waals surface area contributed by atoms with E-state index in [2.05, 4.69) is 82.1 Å². The van der Waals surface area contributed by atoms with Gasteiger partial charge in [-0.1, -0.05) is 82.8 Å². The maximum atomic E-state index is 3.82. The largest absolute Gasteiger partial charge is 0.0651 e. The van der Waals surface area contributed by atoms with Crippen LogP contribution in [0, 0.1) is 0 Å². The summed E-state index contributed by atoms with van der Waals surface area (Å²) in [6.45, 7) is 4.50. The first-order chi connectivity index (χ1) is 11.7. The van der Waals surface area contributed by atoms with E-state index >= 15 is 0 Å². The van der Waals surface area contributed by atoms with Crippen molar-refractivity contribution in [3.05, 3.63) is 56.5 Å². The fourth-order valence-electron chi connectivity index (χ4n) is 4.00. The summed E-state index contributed by atoms with van der Waals surface area (Å²) < 4.78 is 2.43. The highest BCUT2D eigenvalue weighted by molar-refractivity contribution is 9.11. The maximum absolute atomic E-state index is 3.82. The zero-order valence-electron chi connectivity index (χ0n) is 14.0. The summed E-state index contributed by atoms with van der Waals surface area (Å²) in [6, 6.07) is 13.8. The molecule has 0 bridgehead atoms. The van der Waals surface area contributed by atoms with Crippen molar-refractivity contribution in [2.75, 3.05) is 0 Å². The van der Waals surface area contributed by atoms with Crippen molar-refractivity contribution in [1.29, 1.82) is 0 Å². The molecule has 4 aromatic rings. The van der Waals surface area contributed by atoms with Gasteiger partial charge < -0.3 is 0 Å². The van der Waals surface area contributed by atoms with E-state index in [4.69, 9.17) is 0 Å². The van der Waals surface area contributed by atoms with Crippen molar-refractivity contribution in [1.82, 2.24) is 0 Å². The molecule has 0 aliphatic heterocycles. The van der Waals surface area contributed by atoms with Crippen molar-refractivity contribution in [3.63, 3.8) is 0 Å². The molecule has 2 heteroatoms. The Hall–Kier alpha value is -1.12. The van der Waals surface area contributed by atoms with E-state index in [0.29, 0.717) is 0 Å². The number of hydrogen-bond donors (Lipinski definition) is 0. The predicted molar refractivity (Wildman–Crippen MR) is 114 cm³/mol. The van der Waals surface area contributed by atoms with Crippen LogP contribution in [0.15, 0.2) is 45.3 Å². The normalized spacial score (nSPS) is 12.0. The van der Waals surface area contributed by atoms with Gasteiger partial charge in [0, 0.05) is 8.95 Å². The van der Waals surface area contributed by atoms with E-state index in [-0.39, 0.29) is 0 Å². The average molecular weight is 444 g/mol. The molecular weight excluding hydrogens is 424 g/mol. The quantitative estimate of drug-likeness (QED) is 0.280. The predicted octanol–water partition coefficient (Wildman–Crippen LogP) is 8.01. The Morgan fingerprint density at radius 3 is 1.38 bits per heavy atom. The third-order valence-corrected chi connectivity index (χ3v) is 6.32. The van der Waals surface area contributed by atoms with E-state index in [1.54, 1.807) is 0 Å². The second-order valence-electron chi connectivity index (χ2n) is 6.61. The van der Waals surface area contributed by atoms with Gasteiger partial charge in [0.2, 0.25) is 0 Å². The first kappa shape index (κ1) is 16.4. The average Bonchev–Trinajstić information content (AvgIpc) is 2.57. The molecule has 0 amide bonds. The summed E-state index contributed by atoms with van der Waals surface area (Å²) in [6.07, 6.45) is 4.58. The van der Waals surface area contributed by atoms with E-state index in [0.717, 1.165) is 12.8 Å². The van der Waals surface area contributed by atoms with Crippen molar-refractivity contribution < 1.29 is 0 Å². The molecule has 24 heavy (non-hydrogen) atoms. The molecule has 0 aromatic heterocycles. The molecule has 0 N–H and O–H groups in total. The van der Waals surface area contributed by atoms with Crippen LogP contribution < -0.4 is 0 Å². The molecule has 0 heterocycles. The summed E-state index contributed by atoms with van der Waals surface area (Å²) in [5.74, 6) is 0.